The van der Waals surface area contributed by atoms with E-state index in [1.807, 2.05) is 4.90 Å². The number of carbonyl (C=O) groups excluding carboxylic acids is 2. The zero-order valence-electron chi connectivity index (χ0n) is 13.0. The largest absolute Gasteiger partial charge is 0.344 e. The zero-order valence-corrected chi connectivity index (χ0v) is 13.0. The number of hydrogen-bond acceptors (Lipinski definition) is 3. The molecule has 0 bridgehead atoms. The van der Waals surface area contributed by atoms with E-state index in [1.54, 1.807) is 6.92 Å². The molecule has 2 unspecified atom stereocenters. The second-order valence-electron chi connectivity index (χ2n) is 6.18. The number of piperidine rings is 1. The molecule has 0 aromatic heterocycles. The smallest absolute Gasteiger partial charge is 0.244 e. The normalized spacial score (nSPS) is 18.8. The van der Waals surface area contributed by atoms with E-state index in [0.717, 1.165) is 32.4 Å². The number of hydrogen-bond donors (Lipinski definition) is 2. The number of nitrogens with one attached hydrogen (secondary N) is 1. The van der Waals surface area contributed by atoms with Crippen molar-refractivity contribution in [1.29, 1.82) is 0 Å². The van der Waals surface area contributed by atoms with Gasteiger partial charge in [0.2, 0.25) is 11.8 Å². The molecule has 0 saturated carbocycles. The molecule has 3 N–H and O–H groups in total. The molecule has 5 nitrogen and oxygen atoms in total. The highest BCUT2D eigenvalue weighted by atomic mass is 16.2. The van der Waals surface area contributed by atoms with E-state index >= 15 is 0 Å². The van der Waals surface area contributed by atoms with Crippen LogP contribution in [0.15, 0.2) is 0 Å². The highest BCUT2D eigenvalue weighted by molar-refractivity contribution is 5.88. The van der Waals surface area contributed by atoms with Gasteiger partial charge in [-0.15, -0.1) is 0 Å². The summed E-state index contributed by atoms with van der Waals surface area (Å²) in [5.41, 5.74) is 5.66. The molecule has 5 heteroatoms. The van der Waals surface area contributed by atoms with E-state index in [4.69, 9.17) is 5.73 Å². The summed E-state index contributed by atoms with van der Waals surface area (Å²) < 4.78 is 0. The summed E-state index contributed by atoms with van der Waals surface area (Å²) in [5.74, 6) is 0.145. The van der Waals surface area contributed by atoms with Gasteiger partial charge in [-0.2, -0.15) is 0 Å². The molecule has 1 saturated heterocycles. The van der Waals surface area contributed by atoms with Gasteiger partial charge in [-0.1, -0.05) is 13.8 Å². The molecule has 2 atom stereocenters. The summed E-state index contributed by atoms with van der Waals surface area (Å²) in [4.78, 5) is 26.2. The predicted octanol–water partition coefficient (Wildman–Crippen LogP) is 1.12. The molecule has 1 rings (SSSR count). The molecule has 0 aromatic carbocycles. The Bertz CT molecular complexity index is 325. The summed E-state index contributed by atoms with van der Waals surface area (Å²) >= 11 is 0. The van der Waals surface area contributed by atoms with E-state index in [9.17, 15) is 9.59 Å². The number of amides is 2. The second kappa shape index (κ2) is 8.25. The number of nitrogens with zero attached hydrogens (tertiary/aromatic N) is 1. The maximum atomic E-state index is 12.2. The van der Waals surface area contributed by atoms with Crippen molar-refractivity contribution >= 4 is 11.8 Å². The van der Waals surface area contributed by atoms with E-state index in [0.29, 0.717) is 12.5 Å². The van der Waals surface area contributed by atoms with Crippen molar-refractivity contribution in [2.24, 2.45) is 17.6 Å². The average Bonchev–Trinajstić information content (AvgIpc) is 2.44. The first-order chi connectivity index (χ1) is 9.45. The fraction of sp³-hybridized carbons (Fsp3) is 0.867. The number of carbonyl (C=O) groups is 2. The van der Waals surface area contributed by atoms with Crippen LogP contribution in [0.2, 0.25) is 0 Å². The topological polar surface area (TPSA) is 75.4 Å². The zero-order chi connectivity index (χ0) is 15.1. The lowest BCUT2D eigenvalue weighted by atomic mass is 9.96. The van der Waals surface area contributed by atoms with Gasteiger partial charge >= 0.3 is 0 Å². The van der Waals surface area contributed by atoms with Crippen molar-refractivity contribution < 1.29 is 9.59 Å². The molecule has 0 spiro atoms. The molecule has 2 amide bonds. The summed E-state index contributed by atoms with van der Waals surface area (Å²) in [6, 6.07) is -0.457. The van der Waals surface area contributed by atoms with Crippen LogP contribution >= 0.6 is 0 Å². The van der Waals surface area contributed by atoms with Crippen LogP contribution in [0.3, 0.4) is 0 Å². The fourth-order valence-electron chi connectivity index (χ4n) is 2.66. The second-order valence-corrected chi connectivity index (χ2v) is 6.18. The fourth-order valence-corrected chi connectivity index (χ4v) is 2.66. The predicted molar refractivity (Wildman–Crippen MR) is 80.0 cm³/mol. The number of nitrogens with two attached hydrogens (primary N) is 1. The van der Waals surface area contributed by atoms with Crippen LogP contribution in [-0.2, 0) is 9.59 Å². The Morgan fingerprint density at radius 1 is 1.15 bits per heavy atom. The lowest BCUT2D eigenvalue weighted by Crippen LogP contribution is -2.50. The van der Waals surface area contributed by atoms with Gasteiger partial charge in [-0.25, -0.2) is 0 Å². The minimum absolute atomic E-state index is 0.0263. The third-order valence-corrected chi connectivity index (χ3v) is 3.81. The highest BCUT2D eigenvalue weighted by Crippen LogP contribution is 2.12. The molecule has 0 radical (unpaired) electrons. The van der Waals surface area contributed by atoms with Crippen LogP contribution in [0.5, 0.6) is 0 Å². The minimum Gasteiger partial charge on any atom is -0.344 e. The molecule has 1 aliphatic heterocycles. The van der Waals surface area contributed by atoms with Crippen LogP contribution in [-0.4, -0.2) is 42.4 Å². The molecule has 1 fully saturated rings. The van der Waals surface area contributed by atoms with Gasteiger partial charge < -0.3 is 16.0 Å². The van der Waals surface area contributed by atoms with Crippen LogP contribution in [0, 0.1) is 11.8 Å². The van der Waals surface area contributed by atoms with Crippen LogP contribution in [0.25, 0.3) is 0 Å². The van der Waals surface area contributed by atoms with E-state index in [2.05, 4.69) is 19.2 Å². The number of rotatable bonds is 6. The van der Waals surface area contributed by atoms with Gasteiger partial charge in [0.1, 0.15) is 6.04 Å². The quantitative estimate of drug-likeness (QED) is 0.767. The summed E-state index contributed by atoms with van der Waals surface area (Å²) in [6.45, 7) is 7.85. The number of likely N-dealkylation sites (tertiary alicyclic amines) is 1. The van der Waals surface area contributed by atoms with Gasteiger partial charge in [0.15, 0.2) is 0 Å². The highest BCUT2D eigenvalue weighted by Gasteiger charge is 2.26. The first kappa shape index (κ1) is 17.0. The van der Waals surface area contributed by atoms with Crippen molar-refractivity contribution in [2.45, 2.75) is 52.5 Å². The minimum atomic E-state index is -0.457. The third kappa shape index (κ3) is 5.12. The average molecular weight is 283 g/mol. The van der Waals surface area contributed by atoms with Crippen LogP contribution in [0.4, 0.5) is 0 Å². The summed E-state index contributed by atoms with van der Waals surface area (Å²) in [7, 11) is 0. The monoisotopic (exact) mass is 283 g/mol. The lowest BCUT2D eigenvalue weighted by molar-refractivity contribution is -0.137. The Hall–Kier alpha value is -1.10. The first-order valence-corrected chi connectivity index (χ1v) is 7.75. The molecular weight excluding hydrogens is 254 g/mol. The van der Waals surface area contributed by atoms with Gasteiger partial charge in [0, 0.05) is 19.6 Å². The van der Waals surface area contributed by atoms with Crippen LogP contribution in [0.1, 0.15) is 46.5 Å². The summed E-state index contributed by atoms with van der Waals surface area (Å²) in [5, 5.41) is 2.82. The molecule has 1 aliphatic rings. The van der Waals surface area contributed by atoms with Crippen LogP contribution < -0.4 is 11.1 Å². The third-order valence-electron chi connectivity index (χ3n) is 3.81. The Balaban J connectivity index is 2.48. The Morgan fingerprint density at radius 3 is 2.25 bits per heavy atom. The summed E-state index contributed by atoms with van der Waals surface area (Å²) in [6.07, 6.45) is 4.07. The Kier molecular flexibility index (Phi) is 6.99. The lowest BCUT2D eigenvalue weighted by Gasteiger charge is -2.30. The molecule has 1 heterocycles. The van der Waals surface area contributed by atoms with Gasteiger partial charge in [-0.3, -0.25) is 9.59 Å². The van der Waals surface area contributed by atoms with Crippen molar-refractivity contribution in [1.82, 2.24) is 10.2 Å². The van der Waals surface area contributed by atoms with Crippen molar-refractivity contribution in [3.05, 3.63) is 0 Å². The first-order valence-electron chi connectivity index (χ1n) is 7.75. The van der Waals surface area contributed by atoms with Crippen molar-refractivity contribution in [3.63, 3.8) is 0 Å². The molecule has 20 heavy (non-hydrogen) atoms. The Labute approximate surface area is 122 Å². The molecular formula is C15H29N3O2. The SMILES string of the molecule is CC(C)CC(CN)C(=O)NC(C)C(=O)N1CCCCC1. The van der Waals surface area contributed by atoms with E-state index in [1.165, 1.54) is 6.42 Å². The molecule has 0 aliphatic carbocycles. The Morgan fingerprint density at radius 2 is 1.75 bits per heavy atom. The van der Waals surface area contributed by atoms with E-state index in [-0.39, 0.29) is 17.7 Å². The van der Waals surface area contributed by atoms with E-state index < -0.39 is 6.04 Å². The van der Waals surface area contributed by atoms with Gasteiger partial charge in [-0.05, 0) is 38.5 Å². The van der Waals surface area contributed by atoms with Gasteiger partial charge in [0.05, 0.1) is 5.92 Å². The standard InChI is InChI=1S/C15H29N3O2/c1-11(2)9-13(10-16)14(19)17-12(3)15(20)18-7-5-4-6-8-18/h11-13H,4-10,16H2,1-3H3,(H,17,19). The van der Waals surface area contributed by atoms with Crippen molar-refractivity contribution in [3.8, 4) is 0 Å². The molecule has 0 aromatic rings. The van der Waals surface area contributed by atoms with Gasteiger partial charge in [0.25, 0.3) is 0 Å². The van der Waals surface area contributed by atoms with Crippen molar-refractivity contribution in [2.75, 3.05) is 19.6 Å². The maximum absolute atomic E-state index is 12.2. The molecule has 116 valence electrons. The maximum Gasteiger partial charge on any atom is 0.244 e.